The van der Waals surface area contributed by atoms with Gasteiger partial charge in [-0.3, -0.25) is 20.4 Å². The molecule has 0 fully saturated rings. The highest BCUT2D eigenvalue weighted by atomic mass is 32.2. The highest BCUT2D eigenvalue weighted by Gasteiger charge is 2.10. The van der Waals surface area contributed by atoms with E-state index in [0.717, 1.165) is 16.0 Å². The normalized spacial score (nSPS) is 10.3. The van der Waals surface area contributed by atoms with Crippen LogP contribution < -0.4 is 10.9 Å². The molecule has 0 unspecified atom stereocenters. The van der Waals surface area contributed by atoms with Crippen molar-refractivity contribution in [1.82, 2.24) is 10.9 Å². The van der Waals surface area contributed by atoms with Crippen LogP contribution in [0.4, 0.5) is 4.39 Å². The van der Waals surface area contributed by atoms with E-state index in [1.54, 1.807) is 0 Å². The van der Waals surface area contributed by atoms with Crippen LogP contribution in [0.1, 0.15) is 27.0 Å². The summed E-state index contributed by atoms with van der Waals surface area (Å²) in [7, 11) is 0. The van der Waals surface area contributed by atoms with E-state index in [0.29, 0.717) is 0 Å². The van der Waals surface area contributed by atoms with Crippen LogP contribution in [0.5, 0.6) is 0 Å². The van der Waals surface area contributed by atoms with Gasteiger partial charge in [0, 0.05) is 10.5 Å². The number of hydrogen-bond donors (Lipinski definition) is 2. The van der Waals surface area contributed by atoms with Gasteiger partial charge in [-0.1, -0.05) is 17.7 Å². The summed E-state index contributed by atoms with van der Waals surface area (Å²) in [6.45, 7) is 6.05. The number of thioether (sulfide) groups is 1. The van der Waals surface area contributed by atoms with Crippen LogP contribution in [0.2, 0.25) is 0 Å². The van der Waals surface area contributed by atoms with Crippen LogP contribution in [0.3, 0.4) is 0 Å². The number of hydrazine groups is 1. The average Bonchev–Trinajstić information content (AvgIpc) is 2.52. The Bertz CT molecular complexity index is 737. The van der Waals surface area contributed by atoms with Crippen molar-refractivity contribution in [3.05, 3.63) is 64.5 Å². The minimum Gasteiger partial charge on any atom is -0.272 e. The molecule has 0 aliphatic heterocycles. The van der Waals surface area contributed by atoms with Gasteiger partial charge in [-0.05, 0) is 56.2 Å². The van der Waals surface area contributed by atoms with E-state index in [-0.39, 0.29) is 17.2 Å². The molecule has 0 heterocycles. The van der Waals surface area contributed by atoms with E-state index in [4.69, 9.17) is 0 Å². The van der Waals surface area contributed by atoms with Gasteiger partial charge in [0.15, 0.2) is 0 Å². The zero-order valence-electron chi connectivity index (χ0n) is 13.8. The fourth-order valence-electron chi connectivity index (χ4n) is 2.37. The Balaban J connectivity index is 1.86. The molecule has 2 aromatic carbocycles. The molecule has 0 aliphatic carbocycles. The van der Waals surface area contributed by atoms with Crippen LogP contribution in [0.25, 0.3) is 0 Å². The number of hydrogen-bond acceptors (Lipinski definition) is 3. The summed E-state index contributed by atoms with van der Waals surface area (Å²) in [5.41, 5.74) is 8.39. The quantitative estimate of drug-likeness (QED) is 0.660. The predicted molar refractivity (Wildman–Crippen MR) is 93.4 cm³/mol. The largest absolute Gasteiger partial charge is 0.272 e. The summed E-state index contributed by atoms with van der Waals surface area (Å²) in [6.07, 6.45) is 0. The first kappa shape index (κ1) is 18.0. The maximum atomic E-state index is 12.8. The van der Waals surface area contributed by atoms with Gasteiger partial charge in [0.05, 0.1) is 5.75 Å². The van der Waals surface area contributed by atoms with Crippen LogP contribution in [0, 0.1) is 26.6 Å². The SMILES string of the molecule is Cc1cc(C)c(SCC(=O)NNC(=O)c2ccc(F)cc2)c(C)c1. The Hall–Kier alpha value is -2.34. The van der Waals surface area contributed by atoms with Crippen molar-refractivity contribution in [2.75, 3.05) is 5.75 Å². The zero-order valence-corrected chi connectivity index (χ0v) is 14.6. The Morgan fingerprint density at radius 2 is 1.58 bits per heavy atom. The van der Waals surface area contributed by atoms with Gasteiger partial charge in [0.2, 0.25) is 5.91 Å². The molecule has 2 amide bonds. The van der Waals surface area contributed by atoms with Crippen molar-refractivity contribution < 1.29 is 14.0 Å². The summed E-state index contributed by atoms with van der Waals surface area (Å²) >= 11 is 1.43. The van der Waals surface area contributed by atoms with E-state index < -0.39 is 11.7 Å². The number of aryl methyl sites for hydroxylation is 3. The summed E-state index contributed by atoms with van der Waals surface area (Å²) in [5, 5.41) is 0. The standard InChI is InChI=1S/C18H19FN2O2S/c1-11-8-12(2)17(13(3)9-11)24-10-16(22)20-21-18(23)14-4-6-15(19)7-5-14/h4-9H,10H2,1-3H3,(H,20,22)(H,21,23). The Labute approximate surface area is 144 Å². The van der Waals surface area contributed by atoms with Gasteiger partial charge >= 0.3 is 0 Å². The molecule has 126 valence electrons. The van der Waals surface area contributed by atoms with Crippen molar-refractivity contribution in [3.63, 3.8) is 0 Å². The first-order chi connectivity index (χ1) is 11.4. The third kappa shape index (κ3) is 4.83. The van der Waals surface area contributed by atoms with Gasteiger partial charge in [0.1, 0.15) is 5.82 Å². The predicted octanol–water partition coefficient (Wildman–Crippen LogP) is 3.30. The van der Waals surface area contributed by atoms with E-state index >= 15 is 0 Å². The van der Waals surface area contributed by atoms with E-state index in [1.807, 2.05) is 20.8 Å². The van der Waals surface area contributed by atoms with E-state index in [2.05, 4.69) is 23.0 Å². The molecule has 24 heavy (non-hydrogen) atoms. The lowest BCUT2D eigenvalue weighted by Crippen LogP contribution is -2.42. The summed E-state index contributed by atoms with van der Waals surface area (Å²) in [6, 6.07) is 9.23. The Morgan fingerprint density at radius 1 is 1.00 bits per heavy atom. The molecule has 2 N–H and O–H groups in total. The van der Waals surface area contributed by atoms with Crippen molar-refractivity contribution in [2.45, 2.75) is 25.7 Å². The summed E-state index contributed by atoms with van der Waals surface area (Å²) in [5.74, 6) is -1.03. The smallest absolute Gasteiger partial charge is 0.269 e. The van der Waals surface area contributed by atoms with Crippen LogP contribution in [-0.2, 0) is 4.79 Å². The third-order valence-electron chi connectivity index (χ3n) is 3.37. The number of amides is 2. The van der Waals surface area contributed by atoms with Gasteiger partial charge in [-0.2, -0.15) is 0 Å². The fraction of sp³-hybridized carbons (Fsp3) is 0.222. The second-order valence-corrected chi connectivity index (χ2v) is 6.51. The number of nitrogens with one attached hydrogen (secondary N) is 2. The number of rotatable bonds is 4. The molecule has 0 saturated carbocycles. The molecular weight excluding hydrogens is 327 g/mol. The lowest BCUT2D eigenvalue weighted by atomic mass is 10.1. The maximum absolute atomic E-state index is 12.8. The van der Waals surface area contributed by atoms with E-state index in [9.17, 15) is 14.0 Å². The Morgan fingerprint density at radius 3 is 2.17 bits per heavy atom. The monoisotopic (exact) mass is 346 g/mol. The van der Waals surface area contributed by atoms with Crippen LogP contribution >= 0.6 is 11.8 Å². The molecule has 0 aromatic heterocycles. The second-order valence-electron chi connectivity index (χ2n) is 5.53. The molecule has 0 bridgehead atoms. The van der Waals surface area contributed by atoms with Gasteiger partial charge in [-0.25, -0.2) is 4.39 Å². The molecule has 0 saturated heterocycles. The topological polar surface area (TPSA) is 58.2 Å². The average molecular weight is 346 g/mol. The lowest BCUT2D eigenvalue weighted by Gasteiger charge is -2.11. The van der Waals surface area contributed by atoms with Crippen molar-refractivity contribution in [2.24, 2.45) is 0 Å². The molecular formula is C18H19FN2O2S. The number of halogens is 1. The third-order valence-corrected chi connectivity index (χ3v) is 4.71. The van der Waals surface area contributed by atoms with Crippen LogP contribution in [-0.4, -0.2) is 17.6 Å². The van der Waals surface area contributed by atoms with Gasteiger partial charge in [0.25, 0.3) is 5.91 Å². The minimum atomic E-state index is -0.490. The van der Waals surface area contributed by atoms with Crippen molar-refractivity contribution in [1.29, 1.82) is 0 Å². The molecule has 4 nitrogen and oxygen atoms in total. The van der Waals surface area contributed by atoms with Gasteiger partial charge < -0.3 is 0 Å². The molecule has 2 rings (SSSR count). The number of benzene rings is 2. The maximum Gasteiger partial charge on any atom is 0.269 e. The molecule has 0 spiro atoms. The summed E-state index contributed by atoms with van der Waals surface area (Å²) < 4.78 is 12.8. The zero-order chi connectivity index (χ0) is 17.7. The number of carbonyl (C=O) groups is 2. The molecule has 0 radical (unpaired) electrons. The Kier molecular flexibility index (Phi) is 5.98. The molecule has 2 aromatic rings. The summed E-state index contributed by atoms with van der Waals surface area (Å²) in [4.78, 5) is 24.8. The fourth-order valence-corrected chi connectivity index (χ4v) is 3.29. The van der Waals surface area contributed by atoms with Crippen molar-refractivity contribution >= 4 is 23.6 Å². The highest BCUT2D eigenvalue weighted by Crippen LogP contribution is 2.27. The van der Waals surface area contributed by atoms with E-state index in [1.165, 1.54) is 41.6 Å². The minimum absolute atomic E-state index is 0.189. The second kappa shape index (κ2) is 7.97. The number of carbonyl (C=O) groups excluding carboxylic acids is 2. The van der Waals surface area contributed by atoms with Gasteiger partial charge in [-0.15, -0.1) is 11.8 Å². The molecule has 0 aliphatic rings. The first-order valence-electron chi connectivity index (χ1n) is 7.42. The molecule has 6 heteroatoms. The molecule has 0 atom stereocenters. The van der Waals surface area contributed by atoms with Crippen molar-refractivity contribution in [3.8, 4) is 0 Å². The lowest BCUT2D eigenvalue weighted by molar-refractivity contribution is -0.119. The first-order valence-corrected chi connectivity index (χ1v) is 8.41. The van der Waals surface area contributed by atoms with Crippen LogP contribution in [0.15, 0.2) is 41.3 Å². The highest BCUT2D eigenvalue weighted by molar-refractivity contribution is 8.00.